The second kappa shape index (κ2) is 11.8. The molecule has 18 heteroatoms. The van der Waals surface area contributed by atoms with Gasteiger partial charge < -0.3 is 41.5 Å². The summed E-state index contributed by atoms with van der Waals surface area (Å²) in [4.78, 5) is 24.4. The summed E-state index contributed by atoms with van der Waals surface area (Å²) in [6, 6.07) is 0. The number of nitrogen functional groups attached to an aromatic ring is 4. The fraction of sp³-hybridized carbons (Fsp3) is 0.300. The van der Waals surface area contributed by atoms with E-state index in [0.29, 0.717) is 46.6 Å². The van der Waals surface area contributed by atoms with Crippen LogP contribution in [0.1, 0.15) is 0 Å². The van der Waals surface area contributed by atoms with Crippen LogP contribution < -0.4 is 22.9 Å². The summed E-state index contributed by atoms with van der Waals surface area (Å²) in [6.07, 6.45) is 3.10. The predicted molar refractivity (Wildman–Crippen MR) is 138 cm³/mol. The number of imidazole rings is 2. The van der Waals surface area contributed by atoms with Gasteiger partial charge in [0.2, 0.25) is 25.5 Å². The highest BCUT2D eigenvalue weighted by Crippen LogP contribution is 2.24. The molecule has 17 nitrogen and oxygen atoms in total. The van der Waals surface area contributed by atoms with Crippen molar-refractivity contribution < 1.29 is 23.1 Å². The number of nitrogens with zero attached hydrogens (tertiary/aromatic N) is 8. The van der Waals surface area contributed by atoms with E-state index in [1.807, 2.05) is 0 Å². The minimum absolute atomic E-state index is 0.0437. The number of aromatic nitrogens is 8. The fourth-order valence-corrected chi connectivity index (χ4v) is 3.74. The molecule has 0 aliphatic rings. The zero-order valence-corrected chi connectivity index (χ0v) is 21.1. The van der Waals surface area contributed by atoms with E-state index in [2.05, 4.69) is 43.1 Å². The van der Waals surface area contributed by atoms with Gasteiger partial charge >= 0.3 is 8.25 Å². The first kappa shape index (κ1) is 26.8. The number of rotatable bonds is 14. The first-order chi connectivity index (χ1) is 18.2. The van der Waals surface area contributed by atoms with Gasteiger partial charge in [0, 0.05) is 17.7 Å². The first-order valence-corrected chi connectivity index (χ1v) is 12.0. The van der Waals surface area contributed by atoms with Crippen molar-refractivity contribution in [3.05, 3.63) is 37.0 Å². The maximum atomic E-state index is 11.9. The summed E-state index contributed by atoms with van der Waals surface area (Å²) in [7, 11) is -2.46. The van der Waals surface area contributed by atoms with Gasteiger partial charge in [0.15, 0.2) is 22.9 Å². The Balaban J connectivity index is 1.10. The van der Waals surface area contributed by atoms with Gasteiger partial charge in [-0.15, -0.1) is 0 Å². The molecule has 0 amide bonds. The van der Waals surface area contributed by atoms with Crippen molar-refractivity contribution in [3.63, 3.8) is 0 Å². The van der Waals surface area contributed by atoms with Gasteiger partial charge in [0.25, 0.3) is 0 Å². The van der Waals surface area contributed by atoms with Crippen LogP contribution in [0.3, 0.4) is 0 Å². The van der Waals surface area contributed by atoms with E-state index in [-0.39, 0.29) is 50.3 Å². The lowest BCUT2D eigenvalue weighted by molar-refractivity contribution is -0.00868. The molecule has 0 spiro atoms. The summed E-state index contributed by atoms with van der Waals surface area (Å²) in [5.74, 6) is 0.470. The van der Waals surface area contributed by atoms with Gasteiger partial charge in [-0.2, -0.15) is 19.9 Å². The van der Waals surface area contributed by atoms with E-state index in [9.17, 15) is 4.57 Å². The van der Waals surface area contributed by atoms with Crippen LogP contribution in [-0.4, -0.2) is 65.8 Å². The summed E-state index contributed by atoms with van der Waals surface area (Å²) < 4.78 is 35.9. The van der Waals surface area contributed by atoms with Crippen molar-refractivity contribution in [2.75, 3.05) is 49.7 Å². The molecule has 0 saturated carbocycles. The maximum absolute atomic E-state index is 11.9. The molecule has 0 aromatic carbocycles. The van der Waals surface area contributed by atoms with Crippen molar-refractivity contribution in [2.45, 2.75) is 13.1 Å². The number of fused-ring (bicyclic) bond motifs is 2. The van der Waals surface area contributed by atoms with E-state index in [4.69, 9.17) is 41.5 Å². The summed E-state index contributed by atoms with van der Waals surface area (Å²) >= 11 is 0. The molecule has 38 heavy (non-hydrogen) atoms. The molecule has 4 heterocycles. The van der Waals surface area contributed by atoms with Gasteiger partial charge in [0.1, 0.15) is 11.0 Å². The molecule has 4 aromatic heterocycles. The molecular formula is C20H26N12O5P+. The molecule has 0 aliphatic carbocycles. The molecule has 200 valence electrons. The molecule has 0 fully saturated rings. The van der Waals surface area contributed by atoms with Crippen LogP contribution in [0.25, 0.3) is 22.3 Å². The minimum Gasteiger partial charge on any atom is -0.382 e. The first-order valence-electron chi connectivity index (χ1n) is 10.9. The molecule has 0 bridgehead atoms. The third kappa shape index (κ3) is 6.53. The molecule has 0 radical (unpaired) electrons. The molecule has 0 saturated heterocycles. The van der Waals surface area contributed by atoms with Crippen molar-refractivity contribution in [3.8, 4) is 0 Å². The minimum atomic E-state index is -2.46. The van der Waals surface area contributed by atoms with E-state index < -0.39 is 8.25 Å². The van der Waals surface area contributed by atoms with Crippen LogP contribution in [0.5, 0.6) is 0 Å². The van der Waals surface area contributed by atoms with Gasteiger partial charge in [-0.25, -0.2) is 9.97 Å². The Morgan fingerprint density at radius 3 is 1.61 bits per heavy atom. The molecule has 0 atom stereocenters. The average molecular weight is 545 g/mol. The Hall–Kier alpha value is -4.28. The lowest BCUT2D eigenvalue weighted by Gasteiger charge is -2.08. The van der Waals surface area contributed by atoms with Crippen LogP contribution in [0.15, 0.2) is 37.0 Å². The number of nitrogens with two attached hydrogens (primary N) is 4. The van der Waals surface area contributed by atoms with Crippen LogP contribution in [0.4, 0.5) is 23.5 Å². The van der Waals surface area contributed by atoms with Crippen LogP contribution in [-0.2, 0) is 36.2 Å². The average Bonchev–Trinajstić information content (AvgIpc) is 3.44. The van der Waals surface area contributed by atoms with Crippen molar-refractivity contribution in [1.29, 1.82) is 0 Å². The molecule has 0 aliphatic heterocycles. The summed E-state index contributed by atoms with van der Waals surface area (Å²) in [5.41, 5.74) is 26.1. The zero-order chi connectivity index (χ0) is 27.2. The molecule has 0 unspecified atom stereocenters. The second-order valence-corrected chi connectivity index (χ2v) is 8.90. The van der Waals surface area contributed by atoms with Gasteiger partial charge in [-0.05, 0) is 11.1 Å². The van der Waals surface area contributed by atoms with E-state index in [1.54, 1.807) is 21.8 Å². The molecule has 8 N–H and O–H groups in total. The Labute approximate surface area is 216 Å². The van der Waals surface area contributed by atoms with E-state index >= 15 is 0 Å². The van der Waals surface area contributed by atoms with E-state index in [0.717, 1.165) is 0 Å². The third-order valence-electron chi connectivity index (χ3n) is 4.90. The second-order valence-electron chi connectivity index (χ2n) is 7.94. The monoisotopic (exact) mass is 545 g/mol. The number of anilines is 4. The fourth-order valence-electron chi connectivity index (χ4n) is 3.34. The van der Waals surface area contributed by atoms with Gasteiger partial charge in [-0.1, -0.05) is 22.2 Å². The quantitative estimate of drug-likeness (QED) is 0.0738. The Kier molecular flexibility index (Phi) is 8.35. The van der Waals surface area contributed by atoms with Gasteiger partial charge in [0.05, 0.1) is 25.9 Å². The highest BCUT2D eigenvalue weighted by molar-refractivity contribution is 7.33. The predicted octanol–water partition coefficient (Wildman–Crippen LogP) is 0.746. The standard InChI is InChI=1S/C20H26N12O5P/c1-11(3-31-7-25-13-15(21)27-19(23)29-17(13)31)5-34-9-36-38(33)37-10-35-6-12(2)4-32-8-26-14-16(22)28-20(24)30-18(14)32/h7-8H,1-6,9-10H2,(H4,21,23,27,29)(H4,22,24,28,30)/q+1. The highest BCUT2D eigenvalue weighted by atomic mass is 31.1. The number of hydrogen-bond donors (Lipinski definition) is 4. The summed E-state index contributed by atoms with van der Waals surface area (Å²) in [6.45, 7) is 8.24. The Morgan fingerprint density at radius 2 is 1.18 bits per heavy atom. The third-order valence-corrected chi connectivity index (χ3v) is 5.53. The lowest BCUT2D eigenvalue weighted by Crippen LogP contribution is -2.09. The van der Waals surface area contributed by atoms with Crippen LogP contribution >= 0.6 is 8.25 Å². The number of ether oxygens (including phenoxy) is 2. The normalized spacial score (nSPS) is 11.4. The lowest BCUT2D eigenvalue weighted by atomic mass is 10.3. The molecule has 4 rings (SSSR count). The van der Waals surface area contributed by atoms with Gasteiger partial charge in [-0.3, -0.25) is 0 Å². The largest absolute Gasteiger partial charge is 0.702 e. The molecular weight excluding hydrogens is 519 g/mol. The summed E-state index contributed by atoms with van der Waals surface area (Å²) in [5, 5.41) is 0. The zero-order valence-electron chi connectivity index (χ0n) is 20.2. The smallest absolute Gasteiger partial charge is 0.382 e. The van der Waals surface area contributed by atoms with Crippen LogP contribution in [0.2, 0.25) is 0 Å². The van der Waals surface area contributed by atoms with E-state index in [1.165, 1.54) is 0 Å². The maximum Gasteiger partial charge on any atom is 0.702 e. The van der Waals surface area contributed by atoms with Crippen LogP contribution in [0, 0.1) is 0 Å². The van der Waals surface area contributed by atoms with Crippen molar-refractivity contribution >= 4 is 54.1 Å². The van der Waals surface area contributed by atoms with Crippen molar-refractivity contribution in [1.82, 2.24) is 39.0 Å². The Bertz CT molecular complexity index is 1390. The molecule has 4 aromatic rings. The Morgan fingerprint density at radius 1 is 0.763 bits per heavy atom. The highest BCUT2D eigenvalue weighted by Gasteiger charge is 2.20. The van der Waals surface area contributed by atoms with Crippen molar-refractivity contribution in [2.24, 2.45) is 0 Å². The SMILES string of the molecule is C=C(COCO[P+](=O)OCOCC(=C)Cn1cnc2c(N)nc(N)nc21)Cn1cnc2c(N)nc(N)nc21. The number of hydrogen-bond acceptors (Lipinski definition) is 15. The topological polar surface area (TPSA) is 245 Å².